The summed E-state index contributed by atoms with van der Waals surface area (Å²) in [5.74, 6) is 1.46. The normalized spacial score (nSPS) is 28.4. The highest BCUT2D eigenvalue weighted by atomic mass is 16.3. The van der Waals surface area contributed by atoms with Crippen molar-refractivity contribution in [2.75, 3.05) is 14.1 Å². The zero-order valence-electron chi connectivity index (χ0n) is 19.1. The molecule has 0 aromatic carbocycles. The Labute approximate surface area is 178 Å². The quantitative estimate of drug-likeness (QED) is 0.360. The fourth-order valence-electron chi connectivity index (χ4n) is 4.96. The second-order valence-electron chi connectivity index (χ2n) is 9.82. The number of amides is 1. The lowest BCUT2D eigenvalue weighted by Crippen LogP contribution is -2.23. The van der Waals surface area contributed by atoms with E-state index in [1.54, 1.807) is 10.5 Å². The Morgan fingerprint density at radius 3 is 2.72 bits per heavy atom. The molecular weight excluding hydrogens is 362 g/mol. The van der Waals surface area contributed by atoms with E-state index in [1.165, 1.54) is 0 Å². The Hall–Kier alpha value is -1.13. The van der Waals surface area contributed by atoms with Gasteiger partial charge >= 0.3 is 0 Å². The van der Waals surface area contributed by atoms with E-state index in [2.05, 4.69) is 25.2 Å². The summed E-state index contributed by atoms with van der Waals surface area (Å²) in [5.41, 5.74) is 0.905. The van der Waals surface area contributed by atoms with Gasteiger partial charge in [0.1, 0.15) is 0 Å². The highest BCUT2D eigenvalue weighted by Gasteiger charge is 2.43. The molecule has 1 amide bonds. The van der Waals surface area contributed by atoms with Crippen LogP contribution in [0.3, 0.4) is 0 Å². The third-order valence-electron chi connectivity index (χ3n) is 6.82. The summed E-state index contributed by atoms with van der Waals surface area (Å²) in [6.07, 6.45) is 17.1. The van der Waals surface area contributed by atoms with E-state index in [-0.39, 0.29) is 17.9 Å². The van der Waals surface area contributed by atoms with Crippen molar-refractivity contribution in [3.05, 3.63) is 23.8 Å². The topological polar surface area (TPSA) is 60.8 Å². The summed E-state index contributed by atoms with van der Waals surface area (Å²) in [5, 5.41) is 21.0. The van der Waals surface area contributed by atoms with Gasteiger partial charge in [-0.2, -0.15) is 0 Å². The second kappa shape index (κ2) is 11.3. The average Bonchev–Trinajstić information content (AvgIpc) is 3.17. The molecule has 5 atom stereocenters. The summed E-state index contributed by atoms with van der Waals surface area (Å²) in [7, 11) is 3.63. The van der Waals surface area contributed by atoms with Crippen molar-refractivity contribution < 1.29 is 15.0 Å². The molecule has 0 aromatic rings. The molecule has 0 spiro atoms. The third-order valence-corrected chi connectivity index (χ3v) is 6.82. The number of aliphatic hydroxyl groups excluding tert-OH is 1. The van der Waals surface area contributed by atoms with Crippen LogP contribution in [0.1, 0.15) is 84.5 Å². The van der Waals surface area contributed by atoms with Crippen LogP contribution < -0.4 is 0 Å². The monoisotopic (exact) mass is 405 g/mol. The Bertz CT molecular complexity index is 579. The minimum atomic E-state index is -0.636. The Morgan fingerprint density at radius 2 is 2.03 bits per heavy atom. The summed E-state index contributed by atoms with van der Waals surface area (Å²) >= 11 is 0. The molecule has 0 saturated heterocycles. The molecule has 29 heavy (non-hydrogen) atoms. The lowest BCUT2D eigenvalue weighted by molar-refractivity contribution is -0.128. The predicted octanol–water partition coefficient (Wildman–Crippen LogP) is 4.86. The first-order valence-corrected chi connectivity index (χ1v) is 11.7. The molecule has 1 fully saturated rings. The summed E-state index contributed by atoms with van der Waals surface area (Å²) in [6, 6.07) is 0. The average molecular weight is 406 g/mol. The van der Waals surface area contributed by atoms with E-state index in [0.717, 1.165) is 57.8 Å². The summed E-state index contributed by atoms with van der Waals surface area (Å²) in [6.45, 7) is 4.07. The maximum Gasteiger partial charge on any atom is 0.222 e. The number of hydrogen-bond acceptors (Lipinski definition) is 3. The molecule has 166 valence electrons. The fraction of sp³-hybridized carbons (Fsp3) is 0.800. The molecule has 2 N–H and O–H groups in total. The van der Waals surface area contributed by atoms with E-state index in [9.17, 15) is 15.0 Å². The van der Waals surface area contributed by atoms with Crippen LogP contribution in [-0.2, 0) is 4.79 Å². The highest BCUT2D eigenvalue weighted by Crippen LogP contribution is 2.48. The molecule has 2 rings (SSSR count). The van der Waals surface area contributed by atoms with Gasteiger partial charge in [0, 0.05) is 26.4 Å². The minimum absolute atomic E-state index is 0.216. The molecule has 0 bridgehead atoms. The first-order valence-electron chi connectivity index (χ1n) is 11.7. The maximum absolute atomic E-state index is 11.6. The second-order valence-corrected chi connectivity index (χ2v) is 9.82. The summed E-state index contributed by atoms with van der Waals surface area (Å²) in [4.78, 5) is 13.3. The molecule has 0 radical (unpaired) electrons. The molecule has 4 heteroatoms. The number of nitrogens with zero attached hydrogens (tertiary/aromatic N) is 1. The number of carbonyl (C=O) groups is 1. The fourth-order valence-corrected chi connectivity index (χ4v) is 4.96. The van der Waals surface area contributed by atoms with E-state index in [4.69, 9.17) is 0 Å². The SMILES string of the molecule is CCCC[C@](C)(O)C/C=C/[C@@H]1[C@H]2CC(CCCCCC(=O)N(C)C)=C[C@H]2C[C@H]1O. The van der Waals surface area contributed by atoms with Crippen LogP contribution in [0.5, 0.6) is 0 Å². The van der Waals surface area contributed by atoms with E-state index in [0.29, 0.717) is 24.7 Å². The van der Waals surface area contributed by atoms with Crippen LogP contribution in [0.4, 0.5) is 0 Å². The molecule has 1 saturated carbocycles. The van der Waals surface area contributed by atoms with Crippen LogP contribution in [0.15, 0.2) is 23.8 Å². The maximum atomic E-state index is 11.6. The van der Waals surface area contributed by atoms with Crippen molar-refractivity contribution in [2.45, 2.75) is 96.2 Å². The van der Waals surface area contributed by atoms with E-state index >= 15 is 0 Å². The standard InChI is InChI=1S/C25H43NO3/c1-5-6-14-25(2,29)15-10-12-21-22-17-19(16-20(22)18-23(21)27)11-8-7-9-13-24(28)26(3)4/h10,12,16,20-23,27,29H,5-9,11,13-15,17-18H2,1-4H3/b12-10+/t20-,21+,22-,23+,25-/m0/s1. The lowest BCUT2D eigenvalue weighted by Gasteiger charge is -2.22. The predicted molar refractivity (Wildman–Crippen MR) is 119 cm³/mol. The molecule has 0 unspecified atom stereocenters. The van der Waals surface area contributed by atoms with Gasteiger partial charge in [0.25, 0.3) is 0 Å². The van der Waals surface area contributed by atoms with Crippen molar-refractivity contribution in [1.29, 1.82) is 0 Å². The first-order chi connectivity index (χ1) is 13.7. The van der Waals surface area contributed by atoms with Crippen molar-refractivity contribution in [3.63, 3.8) is 0 Å². The van der Waals surface area contributed by atoms with Crippen molar-refractivity contribution in [3.8, 4) is 0 Å². The molecule has 2 aliphatic carbocycles. The van der Waals surface area contributed by atoms with Crippen LogP contribution in [0, 0.1) is 17.8 Å². The zero-order chi connectivity index (χ0) is 21.4. The lowest BCUT2D eigenvalue weighted by atomic mass is 9.87. The molecule has 2 aliphatic rings. The van der Waals surface area contributed by atoms with E-state index in [1.807, 2.05) is 21.0 Å². The van der Waals surface area contributed by atoms with Gasteiger partial charge in [0.05, 0.1) is 11.7 Å². The van der Waals surface area contributed by atoms with Gasteiger partial charge in [-0.05, 0) is 63.7 Å². The number of fused-ring (bicyclic) bond motifs is 1. The first kappa shape index (κ1) is 24.1. The Balaban J connectivity index is 1.74. The van der Waals surface area contributed by atoms with Gasteiger partial charge in [0.15, 0.2) is 0 Å². The minimum Gasteiger partial charge on any atom is -0.392 e. The van der Waals surface area contributed by atoms with Gasteiger partial charge < -0.3 is 15.1 Å². The third kappa shape index (κ3) is 7.57. The largest absolute Gasteiger partial charge is 0.392 e. The van der Waals surface area contributed by atoms with E-state index < -0.39 is 5.60 Å². The Morgan fingerprint density at radius 1 is 1.28 bits per heavy atom. The zero-order valence-corrected chi connectivity index (χ0v) is 19.1. The molecular formula is C25H43NO3. The number of allylic oxidation sites excluding steroid dienone is 2. The van der Waals surface area contributed by atoms with Gasteiger partial charge in [-0.15, -0.1) is 0 Å². The number of carbonyl (C=O) groups excluding carboxylic acids is 1. The smallest absolute Gasteiger partial charge is 0.222 e. The molecule has 0 heterocycles. The van der Waals surface area contributed by atoms with Gasteiger partial charge in [-0.3, -0.25) is 4.79 Å². The van der Waals surface area contributed by atoms with Crippen molar-refractivity contribution in [1.82, 2.24) is 4.90 Å². The van der Waals surface area contributed by atoms with Crippen molar-refractivity contribution in [2.24, 2.45) is 17.8 Å². The molecule has 0 aliphatic heterocycles. The van der Waals surface area contributed by atoms with Gasteiger partial charge in [0.2, 0.25) is 5.91 Å². The Kier molecular flexibility index (Phi) is 9.42. The summed E-state index contributed by atoms with van der Waals surface area (Å²) < 4.78 is 0. The van der Waals surface area contributed by atoms with Gasteiger partial charge in [-0.25, -0.2) is 0 Å². The van der Waals surface area contributed by atoms with Crippen LogP contribution >= 0.6 is 0 Å². The van der Waals surface area contributed by atoms with Gasteiger partial charge in [-0.1, -0.05) is 50.0 Å². The van der Waals surface area contributed by atoms with Crippen LogP contribution in [0.25, 0.3) is 0 Å². The number of aliphatic hydroxyl groups is 2. The molecule has 0 aromatic heterocycles. The number of unbranched alkanes of at least 4 members (excludes halogenated alkanes) is 3. The van der Waals surface area contributed by atoms with Crippen molar-refractivity contribution >= 4 is 5.91 Å². The molecule has 4 nitrogen and oxygen atoms in total. The number of hydrogen-bond donors (Lipinski definition) is 2. The highest BCUT2D eigenvalue weighted by molar-refractivity contribution is 5.75. The number of rotatable bonds is 12. The van der Waals surface area contributed by atoms with Crippen LogP contribution in [0.2, 0.25) is 0 Å². The van der Waals surface area contributed by atoms with Crippen LogP contribution in [-0.4, -0.2) is 46.8 Å².